The fourth-order valence-electron chi connectivity index (χ4n) is 2.01. The van der Waals surface area contributed by atoms with Crippen molar-refractivity contribution in [3.63, 3.8) is 0 Å². The van der Waals surface area contributed by atoms with Crippen molar-refractivity contribution < 1.29 is 13.2 Å². The summed E-state index contributed by atoms with van der Waals surface area (Å²) >= 11 is 1.72. The van der Waals surface area contributed by atoms with Gasteiger partial charge in [0.05, 0.1) is 12.2 Å². The van der Waals surface area contributed by atoms with E-state index in [1.807, 2.05) is 18.7 Å². The first-order chi connectivity index (χ1) is 8.19. The molecule has 0 radical (unpaired) electrons. The van der Waals surface area contributed by atoms with Gasteiger partial charge in [-0.05, 0) is 54.6 Å². The summed E-state index contributed by atoms with van der Waals surface area (Å²) in [7, 11) is 0. The number of nitrogens with one attached hydrogen (secondary N) is 1. The molecule has 1 aliphatic rings. The summed E-state index contributed by atoms with van der Waals surface area (Å²) in [5.74, 6) is 0. The molecule has 0 unspecified atom stereocenters. The zero-order valence-electron chi connectivity index (χ0n) is 10.1. The number of nitrogens with zero attached hydrogens (tertiary/aromatic N) is 1. The summed E-state index contributed by atoms with van der Waals surface area (Å²) in [6.45, 7) is 5.34. The monoisotopic (exact) mass is 370 g/mol. The van der Waals surface area contributed by atoms with Crippen LogP contribution in [-0.4, -0.2) is 18.8 Å². The van der Waals surface area contributed by atoms with Gasteiger partial charge in [0, 0.05) is 21.3 Å². The summed E-state index contributed by atoms with van der Waals surface area (Å²) < 4.78 is 38.7. The zero-order valence-corrected chi connectivity index (χ0v) is 12.3. The van der Waals surface area contributed by atoms with Gasteiger partial charge in [-0.25, -0.2) is 0 Å². The molecule has 0 saturated carbocycles. The molecule has 0 aromatic heterocycles. The van der Waals surface area contributed by atoms with Crippen LogP contribution in [0.4, 0.5) is 18.9 Å². The van der Waals surface area contributed by atoms with E-state index in [0.717, 1.165) is 0 Å². The summed E-state index contributed by atoms with van der Waals surface area (Å²) in [6, 6.07) is 4.48. The first-order valence-electron chi connectivity index (χ1n) is 5.56. The van der Waals surface area contributed by atoms with E-state index in [0.29, 0.717) is 18.9 Å². The highest BCUT2D eigenvalue weighted by Crippen LogP contribution is 2.35. The third kappa shape index (κ3) is 2.90. The predicted molar refractivity (Wildman–Crippen MR) is 73.6 cm³/mol. The first kappa shape index (κ1) is 13.9. The van der Waals surface area contributed by atoms with Crippen molar-refractivity contribution in [2.75, 3.05) is 18.1 Å². The van der Waals surface area contributed by atoms with Crippen LogP contribution in [0.25, 0.3) is 0 Å². The lowest BCUT2D eigenvalue weighted by Crippen LogP contribution is -2.34. The third-order valence-electron chi connectivity index (χ3n) is 2.96. The van der Waals surface area contributed by atoms with Gasteiger partial charge in [0.1, 0.15) is 0 Å². The van der Waals surface area contributed by atoms with Crippen LogP contribution in [0.1, 0.15) is 19.4 Å². The lowest BCUT2D eigenvalue weighted by Gasteiger charge is -2.21. The Labute approximate surface area is 118 Å². The number of benzene rings is 1. The summed E-state index contributed by atoms with van der Waals surface area (Å²) in [6.07, 6.45) is -4.30. The number of halogens is 4. The Bertz CT molecular complexity index is 457. The number of hydrogen-bond donors (Lipinski definition) is 1. The molecule has 0 atom stereocenters. The minimum Gasteiger partial charge on any atom is -0.357 e. The second kappa shape index (κ2) is 4.56. The summed E-state index contributed by atoms with van der Waals surface area (Å²) in [5.41, 5.74) is -0.0207. The molecule has 1 aromatic rings. The van der Waals surface area contributed by atoms with Crippen molar-refractivity contribution in [1.29, 1.82) is 0 Å². The predicted octanol–water partition coefficient (Wildman–Crippen LogP) is 3.46. The molecule has 1 saturated heterocycles. The van der Waals surface area contributed by atoms with Crippen LogP contribution in [-0.2, 0) is 6.18 Å². The fourth-order valence-corrected chi connectivity index (χ4v) is 2.65. The van der Waals surface area contributed by atoms with Crippen molar-refractivity contribution >= 4 is 28.3 Å². The Hall–Kier alpha value is -0.500. The smallest absolute Gasteiger partial charge is 0.357 e. The second-order valence-corrected chi connectivity index (χ2v) is 6.24. The summed E-state index contributed by atoms with van der Waals surface area (Å²) in [4.78, 5) is 1.92. The zero-order chi connectivity index (χ0) is 13.6. The van der Waals surface area contributed by atoms with E-state index in [4.69, 9.17) is 0 Å². The van der Waals surface area contributed by atoms with E-state index in [9.17, 15) is 13.2 Å². The highest BCUT2D eigenvalue weighted by molar-refractivity contribution is 14.1. The minimum absolute atomic E-state index is 0.0681. The van der Waals surface area contributed by atoms with Crippen molar-refractivity contribution in [2.45, 2.75) is 25.6 Å². The quantitative estimate of drug-likeness (QED) is 0.762. The van der Waals surface area contributed by atoms with Gasteiger partial charge < -0.3 is 4.90 Å². The van der Waals surface area contributed by atoms with E-state index in [-0.39, 0.29) is 9.11 Å². The normalized spacial score (nSPS) is 19.3. The molecule has 100 valence electrons. The van der Waals surface area contributed by atoms with Gasteiger partial charge in [-0.1, -0.05) is 0 Å². The molecule has 6 heteroatoms. The summed E-state index contributed by atoms with van der Waals surface area (Å²) in [5, 5.41) is 3.26. The van der Waals surface area contributed by atoms with Gasteiger partial charge >= 0.3 is 6.18 Å². The minimum atomic E-state index is -4.30. The van der Waals surface area contributed by atoms with Gasteiger partial charge in [-0.15, -0.1) is 0 Å². The number of anilines is 1. The third-order valence-corrected chi connectivity index (χ3v) is 3.90. The van der Waals surface area contributed by atoms with Crippen LogP contribution in [0.5, 0.6) is 0 Å². The highest BCUT2D eigenvalue weighted by Gasteiger charge is 2.35. The maximum atomic E-state index is 12.8. The number of alkyl halides is 3. The van der Waals surface area contributed by atoms with Gasteiger partial charge in [0.2, 0.25) is 0 Å². The van der Waals surface area contributed by atoms with E-state index in [1.54, 1.807) is 28.7 Å². The van der Waals surface area contributed by atoms with Gasteiger partial charge in [-0.2, -0.15) is 13.2 Å². The number of hydrogen-bond acceptors (Lipinski definition) is 2. The van der Waals surface area contributed by atoms with Crippen molar-refractivity contribution in [3.05, 3.63) is 27.3 Å². The molecule has 1 N–H and O–H groups in total. The van der Waals surface area contributed by atoms with Crippen LogP contribution in [0.3, 0.4) is 0 Å². The molecule has 1 fully saturated rings. The SMILES string of the molecule is CC1(C)CN(c2ccc(I)c(C(F)(F)F)c2)CN1. The molecule has 1 aromatic carbocycles. The van der Waals surface area contributed by atoms with Crippen molar-refractivity contribution in [2.24, 2.45) is 0 Å². The topological polar surface area (TPSA) is 15.3 Å². The van der Waals surface area contributed by atoms with Crippen LogP contribution in [0, 0.1) is 3.57 Å². The molecule has 0 spiro atoms. The molecule has 0 bridgehead atoms. The molecule has 1 heterocycles. The maximum absolute atomic E-state index is 12.8. The van der Waals surface area contributed by atoms with Crippen LogP contribution in [0.15, 0.2) is 18.2 Å². The molecule has 2 rings (SSSR count). The molecular formula is C12H14F3IN2. The first-order valence-corrected chi connectivity index (χ1v) is 6.64. The standard InChI is InChI=1S/C12H14F3IN2/c1-11(2)6-18(7-17-11)8-3-4-10(16)9(5-8)12(13,14)15/h3-5,17H,6-7H2,1-2H3. The Morgan fingerprint density at radius 2 is 2.00 bits per heavy atom. The van der Waals surface area contributed by atoms with Gasteiger partial charge in [-0.3, -0.25) is 5.32 Å². The van der Waals surface area contributed by atoms with E-state index >= 15 is 0 Å². The van der Waals surface area contributed by atoms with Gasteiger partial charge in [0.25, 0.3) is 0 Å². The van der Waals surface area contributed by atoms with E-state index < -0.39 is 11.7 Å². The lowest BCUT2D eigenvalue weighted by molar-refractivity contribution is -0.138. The van der Waals surface area contributed by atoms with E-state index in [1.165, 1.54) is 12.1 Å². The van der Waals surface area contributed by atoms with E-state index in [2.05, 4.69) is 5.32 Å². The van der Waals surface area contributed by atoms with Gasteiger partial charge in [0.15, 0.2) is 0 Å². The van der Waals surface area contributed by atoms with Crippen LogP contribution in [0.2, 0.25) is 0 Å². The average molecular weight is 370 g/mol. The Balaban J connectivity index is 2.31. The molecular weight excluding hydrogens is 356 g/mol. The number of rotatable bonds is 1. The largest absolute Gasteiger partial charge is 0.417 e. The average Bonchev–Trinajstić information content (AvgIpc) is 2.58. The van der Waals surface area contributed by atoms with Crippen molar-refractivity contribution in [1.82, 2.24) is 5.32 Å². The molecule has 18 heavy (non-hydrogen) atoms. The fraction of sp³-hybridized carbons (Fsp3) is 0.500. The highest BCUT2D eigenvalue weighted by atomic mass is 127. The lowest BCUT2D eigenvalue weighted by atomic mass is 10.1. The second-order valence-electron chi connectivity index (χ2n) is 5.08. The van der Waals surface area contributed by atoms with Crippen LogP contribution >= 0.6 is 22.6 Å². The van der Waals surface area contributed by atoms with Crippen molar-refractivity contribution in [3.8, 4) is 0 Å². The molecule has 1 aliphatic heterocycles. The Kier molecular flexibility index (Phi) is 3.52. The maximum Gasteiger partial charge on any atom is 0.417 e. The molecule has 0 aliphatic carbocycles. The molecule has 2 nitrogen and oxygen atoms in total. The van der Waals surface area contributed by atoms with Crippen LogP contribution < -0.4 is 10.2 Å². The molecule has 0 amide bonds. The Morgan fingerprint density at radius 3 is 2.50 bits per heavy atom. The Morgan fingerprint density at radius 1 is 1.33 bits per heavy atom.